The van der Waals surface area contributed by atoms with Gasteiger partial charge >= 0.3 is 6.03 Å². The highest BCUT2D eigenvalue weighted by molar-refractivity contribution is 7.93. The van der Waals surface area contributed by atoms with Crippen molar-refractivity contribution < 1.29 is 26.4 Å². The summed E-state index contributed by atoms with van der Waals surface area (Å²) in [6.07, 6.45) is 5.42. The Hall–Kier alpha value is -2.06. The molecule has 1 aromatic carbocycles. The Bertz CT molecular complexity index is 1280. The van der Waals surface area contributed by atoms with Crippen molar-refractivity contribution in [3.8, 4) is 0 Å². The molecule has 1 fully saturated rings. The van der Waals surface area contributed by atoms with Gasteiger partial charge in [0.25, 0.3) is 0 Å². The SMILES string of the molecule is CS(=O)(=O)NCc1nc(NC(=O)Nc2ccc(Cl)cc2C(=O)C2CCCC2)sc1S(C)(=O)=O. The Kier molecular flexibility index (Phi) is 7.79. The third-order valence-electron chi connectivity index (χ3n) is 4.94. The van der Waals surface area contributed by atoms with Crippen LogP contribution >= 0.6 is 22.9 Å². The van der Waals surface area contributed by atoms with Crippen LogP contribution in [0, 0.1) is 5.92 Å². The van der Waals surface area contributed by atoms with E-state index in [4.69, 9.17) is 11.6 Å². The van der Waals surface area contributed by atoms with E-state index in [2.05, 4.69) is 20.3 Å². The van der Waals surface area contributed by atoms with Gasteiger partial charge in [-0.3, -0.25) is 10.1 Å². The van der Waals surface area contributed by atoms with Crippen molar-refractivity contribution in [3.05, 3.63) is 34.5 Å². The quantitative estimate of drug-likeness (QED) is 0.439. The number of urea groups is 1. The first-order valence-corrected chi connectivity index (χ1v) is 14.9. The minimum Gasteiger partial charge on any atom is -0.307 e. The fourth-order valence-electron chi connectivity index (χ4n) is 3.48. The monoisotopic (exact) mass is 534 g/mol. The third-order valence-corrected chi connectivity index (χ3v) is 8.72. The molecule has 10 nitrogen and oxygen atoms in total. The maximum atomic E-state index is 12.9. The number of thiazole rings is 1. The smallest absolute Gasteiger partial charge is 0.307 e. The minimum absolute atomic E-state index is 0.0354. The van der Waals surface area contributed by atoms with Gasteiger partial charge in [-0.05, 0) is 31.0 Å². The second kappa shape index (κ2) is 10.1. The van der Waals surface area contributed by atoms with Gasteiger partial charge in [0.15, 0.2) is 20.8 Å². The molecule has 180 valence electrons. The van der Waals surface area contributed by atoms with Crippen LogP contribution in [0.15, 0.2) is 22.4 Å². The third kappa shape index (κ3) is 6.96. The van der Waals surface area contributed by atoms with Gasteiger partial charge in [-0.2, -0.15) is 0 Å². The zero-order valence-corrected chi connectivity index (χ0v) is 21.0. The largest absolute Gasteiger partial charge is 0.325 e. The first-order chi connectivity index (χ1) is 15.3. The van der Waals surface area contributed by atoms with E-state index in [1.165, 1.54) is 12.1 Å². The van der Waals surface area contributed by atoms with E-state index < -0.39 is 25.9 Å². The molecule has 0 atom stereocenters. The standard InChI is InChI=1S/C19H23ClN4O6S3/c1-32(27,28)17-15(10-21-33(2,29)30)23-19(31-17)24-18(26)22-14-8-7-12(20)9-13(14)16(25)11-5-3-4-6-11/h7-9,11,21H,3-6,10H2,1-2H3,(H2,22,23,24,26). The summed E-state index contributed by atoms with van der Waals surface area (Å²) in [5, 5.41) is 5.35. The normalized spacial score (nSPS) is 14.9. The predicted molar refractivity (Wildman–Crippen MR) is 127 cm³/mol. The topological polar surface area (TPSA) is 151 Å². The van der Waals surface area contributed by atoms with Crippen LogP contribution < -0.4 is 15.4 Å². The van der Waals surface area contributed by atoms with Crippen LogP contribution in [0.25, 0.3) is 0 Å². The van der Waals surface area contributed by atoms with Crippen LogP contribution in [0.4, 0.5) is 15.6 Å². The Balaban J connectivity index is 1.80. The second-order valence-electron chi connectivity index (χ2n) is 7.73. The molecule has 1 saturated carbocycles. The number of amides is 2. The molecule has 33 heavy (non-hydrogen) atoms. The predicted octanol–water partition coefficient (Wildman–Crippen LogP) is 3.27. The molecule has 0 saturated heterocycles. The average molecular weight is 535 g/mol. The molecule has 14 heteroatoms. The summed E-state index contributed by atoms with van der Waals surface area (Å²) < 4.78 is 48.9. The fourth-order valence-corrected chi connectivity index (χ4v) is 6.15. The molecule has 3 rings (SSSR count). The number of nitrogens with one attached hydrogen (secondary N) is 3. The van der Waals surface area contributed by atoms with Crippen molar-refractivity contribution in [1.82, 2.24) is 9.71 Å². The second-order valence-corrected chi connectivity index (χ2v) is 13.2. The van der Waals surface area contributed by atoms with Crippen LogP contribution in [0.3, 0.4) is 0 Å². The van der Waals surface area contributed by atoms with E-state index in [1.54, 1.807) is 6.07 Å². The lowest BCUT2D eigenvalue weighted by Gasteiger charge is -2.14. The number of carbonyl (C=O) groups excluding carboxylic acids is 2. The number of halogens is 1. The summed E-state index contributed by atoms with van der Waals surface area (Å²) in [6, 6.07) is 3.84. The van der Waals surface area contributed by atoms with Gasteiger partial charge in [-0.15, -0.1) is 0 Å². The minimum atomic E-state index is -3.72. The number of hydrogen-bond donors (Lipinski definition) is 3. The maximum absolute atomic E-state index is 12.9. The number of ketones is 1. The molecule has 0 radical (unpaired) electrons. The number of Topliss-reactive ketones (excluding diaryl/α,β-unsaturated/α-hetero) is 1. The number of rotatable bonds is 8. The molecule has 0 spiro atoms. The van der Waals surface area contributed by atoms with Gasteiger partial charge in [-0.25, -0.2) is 31.3 Å². The van der Waals surface area contributed by atoms with E-state index in [1.807, 2.05) is 0 Å². The van der Waals surface area contributed by atoms with Crippen molar-refractivity contribution in [1.29, 1.82) is 0 Å². The van der Waals surface area contributed by atoms with E-state index >= 15 is 0 Å². The number of carbonyl (C=O) groups is 2. The summed E-state index contributed by atoms with van der Waals surface area (Å²) >= 11 is 6.76. The zero-order chi connectivity index (χ0) is 24.4. The van der Waals surface area contributed by atoms with Gasteiger partial charge in [0.2, 0.25) is 10.0 Å². The highest BCUT2D eigenvalue weighted by Crippen LogP contribution is 2.32. The number of sulfone groups is 1. The maximum Gasteiger partial charge on any atom is 0.325 e. The summed E-state index contributed by atoms with van der Waals surface area (Å²) in [6.45, 7) is -0.349. The Morgan fingerprint density at radius 2 is 1.79 bits per heavy atom. The summed E-state index contributed by atoms with van der Waals surface area (Å²) in [5.41, 5.74) is 0.540. The number of nitrogens with zero attached hydrogens (tertiary/aromatic N) is 1. The first kappa shape index (κ1) is 25.6. The highest BCUT2D eigenvalue weighted by atomic mass is 35.5. The molecule has 1 aromatic heterocycles. The van der Waals surface area contributed by atoms with E-state index in [-0.39, 0.29) is 39.0 Å². The van der Waals surface area contributed by atoms with Crippen LogP contribution in [0.5, 0.6) is 0 Å². The highest BCUT2D eigenvalue weighted by Gasteiger charge is 2.27. The van der Waals surface area contributed by atoms with Crippen molar-refractivity contribution in [2.45, 2.75) is 36.4 Å². The molecule has 3 N–H and O–H groups in total. The van der Waals surface area contributed by atoms with Crippen LogP contribution in [-0.4, -0.2) is 46.1 Å². The van der Waals surface area contributed by atoms with E-state index in [0.717, 1.165) is 38.2 Å². The van der Waals surface area contributed by atoms with Gasteiger partial charge in [0, 0.05) is 22.8 Å². The molecule has 2 amide bonds. The van der Waals surface area contributed by atoms with Crippen LogP contribution in [0.2, 0.25) is 5.02 Å². The number of anilines is 2. The molecule has 2 aromatic rings. The summed E-state index contributed by atoms with van der Waals surface area (Å²) in [5.74, 6) is -0.207. The first-order valence-electron chi connectivity index (χ1n) is 9.89. The number of sulfonamides is 1. The van der Waals surface area contributed by atoms with Crippen molar-refractivity contribution in [3.63, 3.8) is 0 Å². The summed E-state index contributed by atoms with van der Waals surface area (Å²) in [4.78, 5) is 29.5. The summed E-state index contributed by atoms with van der Waals surface area (Å²) in [7, 11) is -7.30. The average Bonchev–Trinajstić information content (AvgIpc) is 3.36. The van der Waals surface area contributed by atoms with Gasteiger partial charge < -0.3 is 5.32 Å². The van der Waals surface area contributed by atoms with Gasteiger partial charge in [0.05, 0.1) is 24.2 Å². The lowest BCUT2D eigenvalue weighted by molar-refractivity contribution is 0.0923. The van der Waals surface area contributed by atoms with Crippen molar-refractivity contribution >= 4 is 65.4 Å². The molecule has 0 aliphatic heterocycles. The van der Waals surface area contributed by atoms with Crippen LogP contribution in [0.1, 0.15) is 41.7 Å². The number of aromatic nitrogens is 1. The van der Waals surface area contributed by atoms with Crippen molar-refractivity contribution in [2.24, 2.45) is 5.92 Å². The fraction of sp³-hybridized carbons (Fsp3) is 0.421. The molecule has 0 bridgehead atoms. The molecular formula is C19H23ClN4O6S3. The Morgan fingerprint density at radius 1 is 1.12 bits per heavy atom. The molecular weight excluding hydrogens is 512 g/mol. The lowest BCUT2D eigenvalue weighted by Crippen LogP contribution is -2.23. The van der Waals surface area contributed by atoms with E-state index in [9.17, 15) is 26.4 Å². The Labute approximate surface area is 201 Å². The van der Waals surface area contributed by atoms with Gasteiger partial charge in [0.1, 0.15) is 4.21 Å². The molecule has 1 aliphatic carbocycles. The number of benzene rings is 1. The molecule has 0 unspecified atom stereocenters. The van der Waals surface area contributed by atoms with Crippen LogP contribution in [-0.2, 0) is 26.4 Å². The van der Waals surface area contributed by atoms with Gasteiger partial charge in [-0.1, -0.05) is 35.8 Å². The number of hydrogen-bond acceptors (Lipinski definition) is 8. The zero-order valence-electron chi connectivity index (χ0n) is 17.8. The lowest BCUT2D eigenvalue weighted by atomic mass is 9.95. The Morgan fingerprint density at radius 3 is 2.39 bits per heavy atom. The molecule has 1 heterocycles. The molecule has 1 aliphatic rings. The van der Waals surface area contributed by atoms with E-state index in [0.29, 0.717) is 21.9 Å². The van der Waals surface area contributed by atoms with Crippen molar-refractivity contribution in [2.75, 3.05) is 23.1 Å².